The van der Waals surface area contributed by atoms with Gasteiger partial charge in [-0.05, 0) is 43.4 Å². The van der Waals surface area contributed by atoms with E-state index in [-0.39, 0.29) is 24.8 Å². The topological polar surface area (TPSA) is 59.0 Å². The molecule has 0 N–H and O–H groups in total. The second kappa shape index (κ2) is 8.71. The van der Waals surface area contributed by atoms with E-state index >= 15 is 0 Å². The second-order valence-corrected chi connectivity index (χ2v) is 9.14. The molecule has 0 unspecified atom stereocenters. The molecule has 3 aromatic rings. The Morgan fingerprint density at radius 1 is 1.09 bits per heavy atom. The lowest BCUT2D eigenvalue weighted by Gasteiger charge is -2.20. The lowest BCUT2D eigenvalue weighted by molar-refractivity contribution is -0.117. The van der Waals surface area contributed by atoms with Crippen molar-refractivity contribution in [3.05, 3.63) is 81.7 Å². The van der Waals surface area contributed by atoms with E-state index in [1.807, 2.05) is 30.3 Å². The minimum atomic E-state index is -0.146. The minimum Gasteiger partial charge on any atom is -0.497 e. The van der Waals surface area contributed by atoms with Gasteiger partial charge in [0.2, 0.25) is 5.91 Å². The zero-order chi connectivity index (χ0) is 22.1. The van der Waals surface area contributed by atoms with Crippen molar-refractivity contribution in [2.24, 2.45) is 4.99 Å². The van der Waals surface area contributed by atoms with Gasteiger partial charge in [0.05, 0.1) is 19.4 Å². The lowest BCUT2D eigenvalue weighted by Crippen LogP contribution is -2.36. The van der Waals surface area contributed by atoms with E-state index in [1.54, 1.807) is 47.6 Å². The summed E-state index contributed by atoms with van der Waals surface area (Å²) >= 11 is 1.65. The maximum atomic E-state index is 13.2. The molecule has 5 nitrogen and oxygen atoms in total. The summed E-state index contributed by atoms with van der Waals surface area (Å²) in [5.41, 5.74) is 4.75. The highest BCUT2D eigenvalue weighted by molar-refractivity contribution is 7.17. The Labute approximate surface area is 191 Å². The highest BCUT2D eigenvalue weighted by Crippen LogP contribution is 2.42. The van der Waals surface area contributed by atoms with Crippen LogP contribution < -0.4 is 9.64 Å². The summed E-state index contributed by atoms with van der Waals surface area (Å²) in [5.74, 6) is 0.366. The number of aliphatic imine (C=N–C) groups is 1. The fraction of sp³-hybridized carbons (Fsp3) is 0.269. The third-order valence-electron chi connectivity index (χ3n) is 6.05. The highest BCUT2D eigenvalue weighted by atomic mass is 32.1. The van der Waals surface area contributed by atoms with Crippen LogP contribution in [0.2, 0.25) is 0 Å². The summed E-state index contributed by atoms with van der Waals surface area (Å²) in [4.78, 5) is 34.1. The minimum absolute atomic E-state index is 0.00398. The molecule has 0 atom stereocenters. The average Bonchev–Trinajstić information content (AvgIpc) is 3.16. The predicted molar refractivity (Wildman–Crippen MR) is 128 cm³/mol. The van der Waals surface area contributed by atoms with Crippen LogP contribution in [-0.4, -0.2) is 37.6 Å². The van der Waals surface area contributed by atoms with Gasteiger partial charge in [-0.1, -0.05) is 42.5 Å². The highest BCUT2D eigenvalue weighted by Gasteiger charge is 2.33. The number of ether oxygens (including phenoxy) is 1. The summed E-state index contributed by atoms with van der Waals surface area (Å²) in [6.45, 7) is 0.0295. The van der Waals surface area contributed by atoms with Crippen molar-refractivity contribution >= 4 is 33.7 Å². The third kappa shape index (κ3) is 3.75. The molecule has 2 aromatic carbocycles. The summed E-state index contributed by atoms with van der Waals surface area (Å²) in [5, 5.41) is 0.859. The van der Waals surface area contributed by atoms with Gasteiger partial charge in [-0.25, -0.2) is 0 Å². The molecule has 1 aromatic heterocycles. The molecular formula is C26H24N2O3S. The molecule has 0 saturated heterocycles. The monoisotopic (exact) mass is 444 g/mol. The number of amides is 1. The normalized spacial score (nSPS) is 15.5. The fourth-order valence-corrected chi connectivity index (χ4v) is 5.84. The van der Waals surface area contributed by atoms with Gasteiger partial charge in [-0.2, -0.15) is 0 Å². The lowest BCUT2D eigenvalue weighted by atomic mass is 9.91. The molecule has 0 bridgehead atoms. The Bertz CT molecular complexity index is 1210. The molecule has 0 saturated carbocycles. The number of ketones is 1. The number of rotatable bonds is 5. The van der Waals surface area contributed by atoms with Crippen LogP contribution in [0.15, 0.2) is 59.6 Å². The zero-order valence-corrected chi connectivity index (χ0v) is 18.8. The molecule has 162 valence electrons. The summed E-state index contributed by atoms with van der Waals surface area (Å²) < 4.78 is 5.26. The Morgan fingerprint density at radius 3 is 2.72 bits per heavy atom. The van der Waals surface area contributed by atoms with Gasteiger partial charge in [0, 0.05) is 21.6 Å². The molecule has 32 heavy (non-hydrogen) atoms. The number of carbonyl (C=O) groups excluding carboxylic acids is 2. The molecule has 1 aliphatic heterocycles. The van der Waals surface area contributed by atoms with Gasteiger partial charge in [0.1, 0.15) is 17.3 Å². The predicted octanol–water partition coefficient (Wildman–Crippen LogP) is 4.70. The first-order valence-corrected chi connectivity index (χ1v) is 11.7. The molecule has 6 heteroatoms. The molecule has 1 amide bonds. The van der Waals surface area contributed by atoms with Crippen molar-refractivity contribution in [2.75, 3.05) is 25.1 Å². The van der Waals surface area contributed by atoms with Crippen molar-refractivity contribution in [2.45, 2.75) is 25.7 Å². The van der Waals surface area contributed by atoms with E-state index in [0.29, 0.717) is 11.3 Å². The molecular weight excluding hydrogens is 420 g/mol. The molecule has 1 aliphatic carbocycles. The van der Waals surface area contributed by atoms with Crippen LogP contribution in [-0.2, 0) is 17.6 Å². The van der Waals surface area contributed by atoms with Crippen LogP contribution in [0.5, 0.6) is 5.75 Å². The van der Waals surface area contributed by atoms with Crippen molar-refractivity contribution in [3.8, 4) is 5.75 Å². The Kier molecular flexibility index (Phi) is 5.62. The van der Waals surface area contributed by atoms with E-state index in [0.717, 1.165) is 47.5 Å². The summed E-state index contributed by atoms with van der Waals surface area (Å²) in [6, 6.07) is 17.1. The average molecular weight is 445 g/mol. The number of hydrogen-bond acceptors (Lipinski definition) is 5. The molecule has 5 rings (SSSR count). The Morgan fingerprint density at radius 2 is 1.91 bits per heavy atom. The van der Waals surface area contributed by atoms with Crippen LogP contribution in [0, 0.1) is 0 Å². The largest absolute Gasteiger partial charge is 0.497 e. The van der Waals surface area contributed by atoms with Gasteiger partial charge in [-0.3, -0.25) is 19.5 Å². The van der Waals surface area contributed by atoms with Crippen LogP contribution in [0.1, 0.15) is 44.8 Å². The molecule has 0 radical (unpaired) electrons. The van der Waals surface area contributed by atoms with Crippen LogP contribution in [0.3, 0.4) is 0 Å². The van der Waals surface area contributed by atoms with E-state index < -0.39 is 0 Å². The van der Waals surface area contributed by atoms with E-state index in [1.165, 1.54) is 10.4 Å². The zero-order valence-electron chi connectivity index (χ0n) is 18.0. The number of Topliss-reactive ketones (excluding diaryl/α,β-unsaturated/α-hetero) is 1. The smallest absolute Gasteiger partial charge is 0.249 e. The van der Waals surface area contributed by atoms with E-state index in [2.05, 4.69) is 0 Å². The number of nitrogens with zero attached hydrogens (tertiary/aromatic N) is 2. The van der Waals surface area contributed by atoms with Gasteiger partial charge in [0.25, 0.3) is 0 Å². The Hall–Kier alpha value is -3.25. The van der Waals surface area contributed by atoms with Gasteiger partial charge < -0.3 is 4.74 Å². The third-order valence-corrected chi connectivity index (χ3v) is 7.36. The first-order chi connectivity index (χ1) is 15.7. The number of thiophene rings is 1. The standard InChI is InChI=1S/C26H24N2O3S/c1-31-19-11-7-10-18(14-19)21(29)16-28-23(30)15-27-25(17-8-3-2-4-9-17)24-20-12-5-6-13-22(20)32-26(24)28/h2-4,7-11,14H,5-6,12-13,15-16H2,1H3. The summed E-state index contributed by atoms with van der Waals surface area (Å²) in [6.07, 6.45) is 4.29. The number of hydrogen-bond donors (Lipinski definition) is 0. The van der Waals surface area contributed by atoms with Gasteiger partial charge in [0.15, 0.2) is 5.78 Å². The molecule has 2 heterocycles. The molecule has 0 spiro atoms. The quantitative estimate of drug-likeness (QED) is 0.536. The number of fused-ring (bicyclic) bond motifs is 3. The molecule has 0 fully saturated rings. The number of carbonyl (C=O) groups is 2. The summed E-state index contributed by atoms with van der Waals surface area (Å²) in [7, 11) is 1.58. The Balaban J connectivity index is 1.58. The SMILES string of the molecule is COc1cccc(C(=O)CN2C(=O)CN=C(c3ccccc3)c3c2sc2c3CCCC2)c1. The fourth-order valence-electron chi connectivity index (χ4n) is 4.43. The van der Waals surface area contributed by atoms with Crippen molar-refractivity contribution in [1.82, 2.24) is 0 Å². The van der Waals surface area contributed by atoms with Gasteiger partial charge >= 0.3 is 0 Å². The second-order valence-electron chi connectivity index (χ2n) is 8.06. The van der Waals surface area contributed by atoms with Crippen LogP contribution in [0.4, 0.5) is 5.00 Å². The van der Waals surface area contributed by atoms with Crippen LogP contribution in [0.25, 0.3) is 0 Å². The van der Waals surface area contributed by atoms with Crippen LogP contribution >= 0.6 is 11.3 Å². The maximum Gasteiger partial charge on any atom is 0.249 e. The molecule has 2 aliphatic rings. The first kappa shape index (κ1) is 20.6. The van der Waals surface area contributed by atoms with Crippen molar-refractivity contribution in [3.63, 3.8) is 0 Å². The number of methoxy groups -OCH3 is 1. The van der Waals surface area contributed by atoms with E-state index in [9.17, 15) is 9.59 Å². The number of anilines is 1. The van der Waals surface area contributed by atoms with Crippen molar-refractivity contribution < 1.29 is 14.3 Å². The first-order valence-electron chi connectivity index (χ1n) is 10.9. The number of aryl methyl sites for hydroxylation is 1. The maximum absolute atomic E-state index is 13.2. The van der Waals surface area contributed by atoms with Gasteiger partial charge in [-0.15, -0.1) is 11.3 Å². The number of benzene rings is 2. The van der Waals surface area contributed by atoms with E-state index in [4.69, 9.17) is 9.73 Å². The van der Waals surface area contributed by atoms with Crippen molar-refractivity contribution in [1.29, 1.82) is 0 Å².